The van der Waals surface area contributed by atoms with Gasteiger partial charge in [0.15, 0.2) is 0 Å². The first-order valence-corrected chi connectivity index (χ1v) is 17.7. The lowest BCUT2D eigenvalue weighted by Crippen LogP contribution is -2.19. The molecule has 4 aromatic rings. The van der Waals surface area contributed by atoms with Gasteiger partial charge in [0.1, 0.15) is 0 Å². The van der Waals surface area contributed by atoms with Gasteiger partial charge in [0.25, 0.3) is 0 Å². The molecule has 0 saturated carbocycles. The fraction of sp³-hybridized carbons (Fsp3) is 0.455. The summed E-state index contributed by atoms with van der Waals surface area (Å²) in [4.78, 5) is 0. The Morgan fingerprint density at radius 3 is 1.15 bits per heavy atom. The Hall–Kier alpha value is -2.84. The maximum atomic E-state index is 3.99. The van der Waals surface area contributed by atoms with Crippen LogP contribution in [0.5, 0.6) is 0 Å². The van der Waals surface area contributed by atoms with Crippen molar-refractivity contribution in [2.45, 2.75) is 131 Å². The van der Waals surface area contributed by atoms with Crippen molar-refractivity contribution < 1.29 is 0 Å². The van der Waals surface area contributed by atoms with Crippen molar-refractivity contribution in [3.63, 3.8) is 0 Å². The van der Waals surface area contributed by atoms with Gasteiger partial charge in [0.05, 0.1) is 11.4 Å². The molecule has 0 aliphatic carbocycles. The second kappa shape index (κ2) is 12.3. The zero-order valence-corrected chi connectivity index (χ0v) is 32.9. The monoisotopic (exact) mass is 679 g/mol. The normalized spacial score (nSPS) is 13.2. The minimum Gasteiger partial charge on any atom is -0.354 e. The van der Waals surface area contributed by atoms with Gasteiger partial charge in [-0.15, -0.1) is 0 Å². The number of hydrogen-bond donors (Lipinski definition) is 1. The van der Waals surface area contributed by atoms with E-state index in [2.05, 4.69) is 198 Å². The Balaban J connectivity index is 2.23. The van der Waals surface area contributed by atoms with E-state index < -0.39 is 0 Å². The fourth-order valence-electron chi connectivity index (χ4n) is 6.06. The van der Waals surface area contributed by atoms with Gasteiger partial charge in [-0.25, -0.2) is 0 Å². The molecule has 0 amide bonds. The maximum absolute atomic E-state index is 3.99. The molecular weight excluding hydrogens is 622 g/mol. The molecule has 0 aliphatic heterocycles. The SMILES string of the molecule is CC(C)(C)c1cc(-c2ccc(C(C)(C)C)cc2C(C)(C)C)c(Nc2ccccc2Br)c(-c2ccc(C(C)(C)C)cc2C(C)(C)C)c1. The van der Waals surface area contributed by atoms with E-state index in [1.54, 1.807) is 0 Å². The lowest BCUT2D eigenvalue weighted by atomic mass is 9.74. The van der Waals surface area contributed by atoms with Crippen molar-refractivity contribution in [1.82, 2.24) is 0 Å². The van der Waals surface area contributed by atoms with E-state index in [1.807, 2.05) is 0 Å². The van der Waals surface area contributed by atoms with Crippen molar-refractivity contribution >= 4 is 27.3 Å². The Morgan fingerprint density at radius 2 is 0.804 bits per heavy atom. The highest BCUT2D eigenvalue weighted by molar-refractivity contribution is 9.10. The second-order valence-electron chi connectivity index (χ2n) is 18.3. The number of halogens is 1. The van der Waals surface area contributed by atoms with Crippen LogP contribution < -0.4 is 5.32 Å². The van der Waals surface area contributed by atoms with Crippen LogP contribution in [0.3, 0.4) is 0 Å². The lowest BCUT2D eigenvalue weighted by Gasteiger charge is -2.32. The average molecular weight is 681 g/mol. The molecule has 0 aromatic heterocycles. The molecule has 0 radical (unpaired) electrons. The van der Waals surface area contributed by atoms with Crippen molar-refractivity contribution in [1.29, 1.82) is 0 Å². The molecule has 0 spiro atoms. The van der Waals surface area contributed by atoms with Gasteiger partial charge < -0.3 is 5.32 Å². The lowest BCUT2D eigenvalue weighted by molar-refractivity contribution is 0.569. The van der Waals surface area contributed by atoms with Gasteiger partial charge in [0, 0.05) is 15.6 Å². The molecule has 0 unspecified atom stereocenters. The van der Waals surface area contributed by atoms with Crippen LogP contribution >= 0.6 is 15.9 Å². The van der Waals surface area contributed by atoms with Gasteiger partial charge in [-0.3, -0.25) is 0 Å². The molecule has 0 fully saturated rings. The van der Waals surface area contributed by atoms with Gasteiger partial charge >= 0.3 is 0 Å². The molecule has 4 rings (SSSR count). The molecular formula is C44H58BrN. The van der Waals surface area contributed by atoms with Crippen molar-refractivity contribution in [2.24, 2.45) is 0 Å². The van der Waals surface area contributed by atoms with E-state index in [4.69, 9.17) is 0 Å². The van der Waals surface area contributed by atoms with Crippen LogP contribution in [0.15, 0.2) is 77.3 Å². The number of hydrogen-bond acceptors (Lipinski definition) is 1. The van der Waals surface area contributed by atoms with Gasteiger partial charge in [-0.05, 0) is 106 Å². The van der Waals surface area contributed by atoms with Gasteiger partial charge in [-0.2, -0.15) is 0 Å². The van der Waals surface area contributed by atoms with E-state index >= 15 is 0 Å². The largest absolute Gasteiger partial charge is 0.354 e. The van der Waals surface area contributed by atoms with Crippen LogP contribution in [0.1, 0.15) is 132 Å². The quantitative estimate of drug-likeness (QED) is 0.226. The summed E-state index contributed by atoms with van der Waals surface area (Å²) in [6, 6.07) is 27.7. The van der Waals surface area contributed by atoms with Crippen molar-refractivity contribution in [3.8, 4) is 22.3 Å². The first kappa shape index (κ1) is 36.0. The molecule has 0 aliphatic rings. The third-order valence-corrected chi connectivity index (χ3v) is 9.80. The van der Waals surface area contributed by atoms with E-state index in [0.717, 1.165) is 15.8 Å². The number of para-hydroxylation sites is 1. The van der Waals surface area contributed by atoms with Gasteiger partial charge in [0.2, 0.25) is 0 Å². The van der Waals surface area contributed by atoms with E-state index in [-0.39, 0.29) is 27.1 Å². The predicted octanol–water partition coefficient (Wildman–Crippen LogP) is 14.0. The minimum atomic E-state index is -0.0516. The van der Waals surface area contributed by atoms with Crippen LogP contribution in [0.2, 0.25) is 0 Å². The first-order chi connectivity index (χ1) is 20.9. The average Bonchev–Trinajstić information content (AvgIpc) is 2.91. The summed E-state index contributed by atoms with van der Waals surface area (Å²) in [7, 11) is 0. The Labute approximate surface area is 289 Å². The predicted molar refractivity (Wildman–Crippen MR) is 208 cm³/mol. The third kappa shape index (κ3) is 7.82. The Kier molecular flexibility index (Phi) is 9.64. The first-order valence-electron chi connectivity index (χ1n) is 16.9. The van der Waals surface area contributed by atoms with E-state index in [0.29, 0.717) is 0 Å². The smallest absolute Gasteiger partial charge is 0.0544 e. The summed E-state index contributed by atoms with van der Waals surface area (Å²) in [5, 5.41) is 3.99. The topological polar surface area (TPSA) is 12.0 Å². The molecule has 2 heteroatoms. The molecule has 246 valence electrons. The van der Waals surface area contributed by atoms with Crippen molar-refractivity contribution in [2.75, 3.05) is 5.32 Å². The number of anilines is 2. The molecule has 0 saturated heterocycles. The number of nitrogens with one attached hydrogen (secondary N) is 1. The zero-order chi connectivity index (χ0) is 34.6. The molecule has 0 atom stereocenters. The van der Waals surface area contributed by atoms with Crippen LogP contribution in [0.4, 0.5) is 11.4 Å². The summed E-state index contributed by atoms with van der Waals surface area (Å²) in [5.74, 6) is 0. The second-order valence-corrected chi connectivity index (χ2v) is 19.2. The number of rotatable bonds is 4. The van der Waals surface area contributed by atoms with Crippen molar-refractivity contribution in [3.05, 3.63) is 105 Å². The summed E-state index contributed by atoms with van der Waals surface area (Å²) < 4.78 is 1.05. The minimum absolute atomic E-state index is 0.0458. The van der Waals surface area contributed by atoms with Crippen LogP contribution in [-0.2, 0) is 27.1 Å². The maximum Gasteiger partial charge on any atom is 0.0544 e. The van der Waals surface area contributed by atoms with Gasteiger partial charge in [-0.1, -0.05) is 152 Å². The summed E-state index contributed by atoms with van der Waals surface area (Å²) in [6.45, 7) is 34.9. The van der Waals surface area contributed by atoms with Crippen LogP contribution in [-0.4, -0.2) is 0 Å². The Bertz CT molecular complexity index is 1620. The summed E-state index contributed by atoms with van der Waals surface area (Å²) in [5.41, 5.74) is 14.0. The highest BCUT2D eigenvalue weighted by Gasteiger charge is 2.30. The molecule has 1 nitrogen and oxygen atoms in total. The van der Waals surface area contributed by atoms with Crippen LogP contribution in [0, 0.1) is 0 Å². The fourth-order valence-corrected chi connectivity index (χ4v) is 6.45. The zero-order valence-electron chi connectivity index (χ0n) is 31.3. The highest BCUT2D eigenvalue weighted by Crippen LogP contribution is 2.48. The Morgan fingerprint density at radius 1 is 0.413 bits per heavy atom. The summed E-state index contributed by atoms with van der Waals surface area (Å²) >= 11 is 3.85. The number of benzene rings is 4. The summed E-state index contributed by atoms with van der Waals surface area (Å²) in [6.07, 6.45) is 0. The van der Waals surface area contributed by atoms with E-state index in [9.17, 15) is 0 Å². The molecule has 0 heterocycles. The standard InChI is InChI=1S/C44H58BrN/c1-40(2,3)28-20-22-31(35(26-28)43(10,11)12)33-24-30(42(7,8)9)25-34(39(33)46-38-19-17-16-18-37(38)45)32-23-21-29(41(4,5)6)27-36(32)44(13,14)15/h16-27,46H,1-15H3. The molecule has 0 bridgehead atoms. The third-order valence-electron chi connectivity index (χ3n) is 9.11. The molecule has 46 heavy (non-hydrogen) atoms. The van der Waals surface area contributed by atoms with E-state index in [1.165, 1.54) is 50.1 Å². The molecule has 1 N–H and O–H groups in total. The highest BCUT2D eigenvalue weighted by atomic mass is 79.9. The van der Waals surface area contributed by atoms with Crippen LogP contribution in [0.25, 0.3) is 22.3 Å². The molecule has 4 aromatic carbocycles.